The standard InChI is InChI=1S/C65H63BF2N2O2/c1-62(2,3)39-28-37-29-40(63(4,5)6)33-46-51(37)45(32-39)54-55(46)59(69-58(54)43-24-18-20-26-49(43)71-13)53(36-22-16-15-17-23-36)61-57-48-35-42(65(10,11)12)31-38-30-41(64(7,8)9)34-47(52(38)48)56(57)60(70(61)66(67)68)44-25-19-21-27-50(44)72-14/h15-35H,1-14H3/b59-53-. The van der Waals surface area contributed by atoms with Crippen LogP contribution in [0.1, 0.15) is 117 Å². The van der Waals surface area contributed by atoms with Crippen molar-refractivity contribution >= 4 is 45.3 Å². The minimum absolute atomic E-state index is 0.178. The Kier molecular flexibility index (Phi) is 10.7. The van der Waals surface area contributed by atoms with Crippen LogP contribution < -0.4 is 14.8 Å². The normalized spacial score (nSPS) is 13.5. The Balaban J connectivity index is 1.48. The summed E-state index contributed by atoms with van der Waals surface area (Å²) in [6.45, 7) is 26.9. The van der Waals surface area contributed by atoms with Crippen molar-refractivity contribution < 1.29 is 18.1 Å². The zero-order chi connectivity index (χ0) is 51.1. The van der Waals surface area contributed by atoms with E-state index in [0.29, 0.717) is 39.4 Å². The molecule has 0 radical (unpaired) electrons. The van der Waals surface area contributed by atoms with Gasteiger partial charge in [-0.3, -0.25) is 8.63 Å². The molecule has 7 aromatic carbocycles. The first-order chi connectivity index (χ1) is 34.0. The summed E-state index contributed by atoms with van der Waals surface area (Å²) in [4.78, 5) is 5.88. The van der Waals surface area contributed by atoms with Gasteiger partial charge in [0.25, 0.3) is 0 Å². The fourth-order valence-corrected chi connectivity index (χ4v) is 11.4. The van der Waals surface area contributed by atoms with Crippen molar-refractivity contribution in [2.45, 2.75) is 105 Å². The van der Waals surface area contributed by atoms with Gasteiger partial charge in [0.05, 0.1) is 36.7 Å². The molecule has 362 valence electrons. The van der Waals surface area contributed by atoms with E-state index in [1.54, 1.807) is 14.2 Å². The average Bonchev–Trinajstić information content (AvgIpc) is 4.07. The first kappa shape index (κ1) is 47.3. The minimum Gasteiger partial charge on any atom is -0.496 e. The summed E-state index contributed by atoms with van der Waals surface area (Å²) >= 11 is 0. The van der Waals surface area contributed by atoms with Crippen LogP contribution in [-0.2, 0) is 21.7 Å². The molecule has 0 spiro atoms. The minimum atomic E-state index is -2.97. The Bertz CT molecular complexity index is 3940. The molecule has 2 aliphatic carbocycles. The predicted molar refractivity (Wildman–Crippen MR) is 298 cm³/mol. The van der Waals surface area contributed by atoms with Crippen molar-refractivity contribution in [3.63, 3.8) is 0 Å². The summed E-state index contributed by atoms with van der Waals surface area (Å²) in [6, 6.07) is 44.3. The maximum Gasteiger partial charge on any atom is 0.678 e. The zero-order valence-electron chi connectivity index (χ0n) is 44.2. The highest BCUT2D eigenvalue weighted by molar-refractivity contribution is 6.44. The third-order valence-corrected chi connectivity index (χ3v) is 15.2. The molecule has 3 aliphatic rings. The Morgan fingerprint density at radius 2 is 0.931 bits per heavy atom. The number of benzene rings is 7. The van der Waals surface area contributed by atoms with Crippen molar-refractivity contribution in [1.29, 1.82) is 0 Å². The molecule has 1 aliphatic heterocycles. The number of hydrogen-bond acceptors (Lipinski definition) is 3. The fraction of sp³-hybridized carbons (Fsp3) is 0.277. The molecule has 8 aromatic rings. The Hall–Kier alpha value is -6.99. The van der Waals surface area contributed by atoms with E-state index in [4.69, 9.17) is 14.5 Å². The van der Waals surface area contributed by atoms with E-state index < -0.39 is 7.40 Å². The molecule has 0 saturated heterocycles. The first-order valence-electron chi connectivity index (χ1n) is 25.2. The van der Waals surface area contributed by atoms with Gasteiger partial charge in [-0.2, -0.15) is 0 Å². The lowest BCUT2D eigenvalue weighted by atomic mass is 9.81. The van der Waals surface area contributed by atoms with Gasteiger partial charge in [-0.1, -0.05) is 162 Å². The molecular formula is C65H63BF2N2O2. The maximum absolute atomic E-state index is 17.4. The number of para-hydroxylation sites is 2. The van der Waals surface area contributed by atoms with Crippen LogP contribution >= 0.6 is 0 Å². The topological polar surface area (TPSA) is 36.3 Å². The lowest BCUT2D eigenvalue weighted by Gasteiger charge is -2.24. The number of ether oxygens (including phenoxy) is 2. The Morgan fingerprint density at radius 1 is 0.486 bits per heavy atom. The number of rotatable bonds is 7. The molecule has 11 rings (SSSR count). The number of aromatic nitrogens is 2. The summed E-state index contributed by atoms with van der Waals surface area (Å²) in [5, 5.41) is 9.12. The van der Waals surface area contributed by atoms with E-state index in [1.165, 1.54) is 15.6 Å². The number of nitrogens with zero attached hydrogens (tertiary/aromatic N) is 2. The van der Waals surface area contributed by atoms with E-state index in [2.05, 4.69) is 150 Å². The van der Waals surface area contributed by atoms with Crippen molar-refractivity contribution in [1.82, 2.24) is 9.46 Å². The SMILES string of the molecule is COc1ccccc1-c1n/c(=C(/c2ccccc2)c2c3c(c(-c4ccccc4OC)n2B(F)F)-c2cc(C(C)(C)C)cc4cc(C(C)(C)C)cc-3c24)c2c3cc(C(C)(C)C)cc4cc(C(C)(C)C)cc(c1=2)c43. The summed E-state index contributed by atoms with van der Waals surface area (Å²) in [5.41, 5.74) is 11.6. The molecule has 7 heteroatoms. The van der Waals surface area contributed by atoms with Crippen molar-refractivity contribution in [3.05, 3.63) is 177 Å². The third kappa shape index (κ3) is 7.24. The Morgan fingerprint density at radius 3 is 1.44 bits per heavy atom. The van der Waals surface area contributed by atoms with E-state index in [-0.39, 0.29) is 21.7 Å². The van der Waals surface area contributed by atoms with Crippen LogP contribution in [0.5, 0.6) is 11.5 Å². The van der Waals surface area contributed by atoms with Crippen LogP contribution in [0.2, 0.25) is 0 Å². The smallest absolute Gasteiger partial charge is 0.496 e. The predicted octanol–water partition coefficient (Wildman–Crippen LogP) is 16.4. The maximum atomic E-state index is 17.4. The second kappa shape index (κ2) is 16.3. The van der Waals surface area contributed by atoms with Gasteiger partial charge >= 0.3 is 7.40 Å². The van der Waals surface area contributed by atoms with E-state index in [9.17, 15) is 0 Å². The monoisotopic (exact) mass is 952 g/mol. The van der Waals surface area contributed by atoms with Crippen LogP contribution in [0.3, 0.4) is 0 Å². The summed E-state index contributed by atoms with van der Waals surface area (Å²) in [6.07, 6.45) is 0. The van der Waals surface area contributed by atoms with Crippen molar-refractivity contribution in [2.75, 3.05) is 14.2 Å². The second-order valence-corrected chi connectivity index (χ2v) is 24.1. The van der Waals surface area contributed by atoms with Crippen LogP contribution in [0, 0.1) is 10.4 Å². The molecule has 0 amide bonds. The van der Waals surface area contributed by atoms with E-state index in [0.717, 1.165) is 93.0 Å². The third-order valence-electron chi connectivity index (χ3n) is 15.2. The molecule has 0 atom stereocenters. The van der Waals surface area contributed by atoms with Crippen LogP contribution in [0.4, 0.5) is 8.63 Å². The van der Waals surface area contributed by atoms with Gasteiger partial charge in [-0.05, 0) is 141 Å². The van der Waals surface area contributed by atoms with Gasteiger partial charge in [0, 0.05) is 38.3 Å². The number of methoxy groups -OCH3 is 2. The van der Waals surface area contributed by atoms with Gasteiger partial charge in [0.1, 0.15) is 11.5 Å². The van der Waals surface area contributed by atoms with Crippen LogP contribution in [-0.4, -0.2) is 31.1 Å². The average molecular weight is 953 g/mol. The Labute approximate surface area is 422 Å². The van der Waals surface area contributed by atoms with Gasteiger partial charge in [-0.15, -0.1) is 0 Å². The van der Waals surface area contributed by atoms with Gasteiger partial charge in [0.2, 0.25) is 0 Å². The molecule has 0 bridgehead atoms. The summed E-state index contributed by atoms with van der Waals surface area (Å²) < 4.78 is 48.4. The van der Waals surface area contributed by atoms with Crippen LogP contribution in [0.15, 0.2) is 127 Å². The van der Waals surface area contributed by atoms with E-state index >= 15 is 8.63 Å². The van der Waals surface area contributed by atoms with Crippen molar-refractivity contribution in [3.8, 4) is 56.3 Å². The summed E-state index contributed by atoms with van der Waals surface area (Å²) in [7, 11) is 0.339. The molecule has 0 saturated carbocycles. The van der Waals surface area contributed by atoms with E-state index in [1.807, 2.05) is 60.7 Å². The zero-order valence-corrected chi connectivity index (χ0v) is 44.2. The first-order valence-corrected chi connectivity index (χ1v) is 25.2. The highest BCUT2D eigenvalue weighted by atomic mass is 19.2. The molecule has 4 nitrogen and oxygen atoms in total. The molecule has 0 N–H and O–H groups in total. The largest absolute Gasteiger partial charge is 0.678 e. The lowest BCUT2D eigenvalue weighted by molar-refractivity contribution is 0.416. The fourth-order valence-electron chi connectivity index (χ4n) is 11.4. The molecule has 0 unspecified atom stereocenters. The summed E-state index contributed by atoms with van der Waals surface area (Å²) in [5.74, 6) is 1.20. The van der Waals surface area contributed by atoms with Crippen molar-refractivity contribution in [2.24, 2.45) is 0 Å². The highest BCUT2D eigenvalue weighted by Crippen LogP contribution is 2.58. The molecule has 2 heterocycles. The molecule has 72 heavy (non-hydrogen) atoms. The van der Waals surface area contributed by atoms with Gasteiger partial charge < -0.3 is 14.0 Å². The number of fused-ring (bicyclic) bond motifs is 5. The quantitative estimate of drug-likeness (QED) is 0.149. The second-order valence-electron chi connectivity index (χ2n) is 24.1. The number of halogens is 2. The van der Waals surface area contributed by atoms with Crippen LogP contribution in [0.25, 0.3) is 82.7 Å². The highest BCUT2D eigenvalue weighted by Gasteiger charge is 2.41. The molecule has 1 aromatic heterocycles. The van der Waals surface area contributed by atoms with Gasteiger partial charge in [0.15, 0.2) is 0 Å². The molecule has 0 fully saturated rings. The lowest BCUT2D eigenvalue weighted by Crippen LogP contribution is -2.22. The van der Waals surface area contributed by atoms with Gasteiger partial charge in [-0.25, -0.2) is 4.98 Å². The number of hydrogen-bond donors (Lipinski definition) is 0. The molecular weight excluding hydrogens is 890 g/mol.